The lowest BCUT2D eigenvalue weighted by atomic mass is 9.45. The van der Waals surface area contributed by atoms with Gasteiger partial charge in [0.2, 0.25) is 5.79 Å². The zero-order valence-corrected chi connectivity index (χ0v) is 21.7. The lowest BCUT2D eigenvalue weighted by molar-refractivity contribution is -0.276. The average Bonchev–Trinajstić information content (AvgIpc) is 3.12. The number of aliphatic hydroxyl groups is 1. The van der Waals surface area contributed by atoms with Crippen molar-refractivity contribution in [1.29, 1.82) is 0 Å². The van der Waals surface area contributed by atoms with E-state index in [4.69, 9.17) is 4.74 Å². The van der Waals surface area contributed by atoms with Crippen molar-refractivity contribution in [3.8, 4) is 0 Å². The van der Waals surface area contributed by atoms with Gasteiger partial charge >= 0.3 is 5.97 Å². The van der Waals surface area contributed by atoms with Crippen molar-refractivity contribution in [1.82, 2.24) is 0 Å². The minimum Gasteiger partial charge on any atom is -0.432 e. The zero-order chi connectivity index (χ0) is 24.7. The summed E-state index contributed by atoms with van der Waals surface area (Å²) in [6.07, 6.45) is 12.5. The van der Waals surface area contributed by atoms with Gasteiger partial charge in [0.1, 0.15) is 5.78 Å². The SMILES string of the molecule is CCCCCCCC(=O)OC1(O)CC(=O)C=C2CC[C@H]3[C@@H]4CC[C@H](C(C)=O)[C@@]4(C)CC[C@@H]3[C@]21C. The molecule has 0 aromatic carbocycles. The van der Waals surface area contributed by atoms with E-state index in [1.807, 2.05) is 6.92 Å². The Labute approximate surface area is 205 Å². The number of hydrogen-bond acceptors (Lipinski definition) is 5. The predicted molar refractivity (Wildman–Crippen MR) is 131 cm³/mol. The predicted octanol–water partition coefficient (Wildman–Crippen LogP) is 5.93. The highest BCUT2D eigenvalue weighted by atomic mass is 16.7. The largest absolute Gasteiger partial charge is 0.432 e. The number of Topliss-reactive ketones (excluding diaryl/α,β-unsaturated/α-hetero) is 1. The van der Waals surface area contributed by atoms with Crippen molar-refractivity contribution in [3.63, 3.8) is 0 Å². The molecule has 4 aliphatic carbocycles. The number of rotatable bonds is 8. The molecule has 0 saturated heterocycles. The molecule has 0 aliphatic heterocycles. The Bertz CT molecular complexity index is 861. The molecule has 0 aromatic rings. The number of hydrogen-bond donors (Lipinski definition) is 1. The Morgan fingerprint density at radius 3 is 2.50 bits per heavy atom. The van der Waals surface area contributed by atoms with Crippen molar-refractivity contribution in [2.24, 2.45) is 34.5 Å². The molecule has 5 heteroatoms. The fourth-order valence-corrected chi connectivity index (χ4v) is 8.58. The maximum Gasteiger partial charge on any atom is 0.308 e. The normalized spacial score (nSPS) is 41.2. The highest BCUT2D eigenvalue weighted by Crippen LogP contribution is 2.68. The van der Waals surface area contributed by atoms with Gasteiger partial charge in [0, 0.05) is 12.3 Å². The zero-order valence-electron chi connectivity index (χ0n) is 21.7. The molecule has 5 nitrogen and oxygen atoms in total. The summed E-state index contributed by atoms with van der Waals surface area (Å²) in [5.41, 5.74) is 0.215. The molecule has 190 valence electrons. The molecule has 3 fully saturated rings. The average molecular weight is 473 g/mol. The van der Waals surface area contributed by atoms with E-state index in [-0.39, 0.29) is 35.9 Å². The van der Waals surface area contributed by atoms with E-state index in [0.717, 1.165) is 76.2 Å². The van der Waals surface area contributed by atoms with E-state index in [9.17, 15) is 19.5 Å². The third-order valence-electron chi connectivity index (χ3n) is 10.4. The molecule has 1 unspecified atom stereocenters. The molecule has 4 rings (SSSR count). The Hall–Kier alpha value is -1.49. The van der Waals surface area contributed by atoms with Crippen LogP contribution in [0.25, 0.3) is 0 Å². The maximum atomic E-state index is 12.8. The van der Waals surface area contributed by atoms with E-state index in [1.165, 1.54) is 0 Å². The van der Waals surface area contributed by atoms with Crippen LogP contribution in [-0.2, 0) is 19.1 Å². The van der Waals surface area contributed by atoms with E-state index >= 15 is 0 Å². The van der Waals surface area contributed by atoms with Crippen molar-refractivity contribution in [2.75, 3.05) is 0 Å². The second kappa shape index (κ2) is 9.52. The van der Waals surface area contributed by atoms with Gasteiger partial charge in [-0.3, -0.25) is 14.4 Å². The molecule has 1 N–H and O–H groups in total. The van der Waals surface area contributed by atoms with Gasteiger partial charge in [0.15, 0.2) is 5.78 Å². The number of esters is 1. The van der Waals surface area contributed by atoms with Gasteiger partial charge in [0.25, 0.3) is 0 Å². The second-order valence-corrected chi connectivity index (χ2v) is 12.1. The second-order valence-electron chi connectivity index (χ2n) is 12.1. The Morgan fingerprint density at radius 1 is 1.06 bits per heavy atom. The lowest BCUT2D eigenvalue weighted by Gasteiger charge is -2.61. The molecular weight excluding hydrogens is 428 g/mol. The van der Waals surface area contributed by atoms with Crippen molar-refractivity contribution in [3.05, 3.63) is 11.6 Å². The standard InChI is InChI=1S/C29H44O5/c1-5-6-7-8-9-10-26(32)34-29(33)18-21(31)17-20-11-12-22-24-14-13-23(19(2)30)27(24,3)16-15-25(22)28(20,29)4/h17,22-25,33H,5-16,18H2,1-4H3/t22-,23+,24-,25-,27+,28-,29?/m0/s1. The first-order valence-electron chi connectivity index (χ1n) is 13.8. The molecule has 7 atom stereocenters. The van der Waals surface area contributed by atoms with Gasteiger partial charge in [-0.05, 0) is 88.0 Å². The minimum atomic E-state index is -1.79. The molecule has 0 radical (unpaired) electrons. The van der Waals surface area contributed by atoms with Gasteiger partial charge < -0.3 is 9.84 Å². The summed E-state index contributed by atoms with van der Waals surface area (Å²) >= 11 is 0. The van der Waals surface area contributed by atoms with E-state index in [2.05, 4.69) is 13.8 Å². The number of fused-ring (bicyclic) bond motifs is 5. The van der Waals surface area contributed by atoms with Gasteiger partial charge in [-0.25, -0.2) is 0 Å². The van der Waals surface area contributed by atoms with E-state index in [0.29, 0.717) is 17.6 Å². The summed E-state index contributed by atoms with van der Waals surface area (Å²) in [5.74, 6) is -0.945. The van der Waals surface area contributed by atoms with E-state index in [1.54, 1.807) is 13.0 Å². The highest BCUT2D eigenvalue weighted by molar-refractivity contribution is 5.93. The Balaban J connectivity index is 1.57. The number of unbranched alkanes of at least 4 members (excludes halogenated alkanes) is 4. The smallest absolute Gasteiger partial charge is 0.308 e. The first-order valence-corrected chi connectivity index (χ1v) is 13.8. The van der Waals surface area contributed by atoms with Crippen LogP contribution in [0.4, 0.5) is 0 Å². The molecule has 0 amide bonds. The molecule has 0 bridgehead atoms. The molecule has 0 aromatic heterocycles. The van der Waals surface area contributed by atoms with Crippen molar-refractivity contribution < 1.29 is 24.2 Å². The summed E-state index contributed by atoms with van der Waals surface area (Å²) < 4.78 is 5.87. The third-order valence-corrected chi connectivity index (χ3v) is 10.4. The van der Waals surface area contributed by atoms with Crippen LogP contribution in [0.5, 0.6) is 0 Å². The fraction of sp³-hybridized carbons (Fsp3) is 0.828. The summed E-state index contributed by atoms with van der Waals surface area (Å²) in [6, 6.07) is 0. The molecular formula is C29H44O5. The molecule has 0 spiro atoms. The van der Waals surface area contributed by atoms with Crippen LogP contribution < -0.4 is 0 Å². The molecule has 4 aliphatic rings. The highest BCUT2D eigenvalue weighted by Gasteiger charge is 2.66. The van der Waals surface area contributed by atoms with Crippen LogP contribution >= 0.6 is 0 Å². The van der Waals surface area contributed by atoms with Crippen molar-refractivity contribution >= 4 is 17.5 Å². The first-order chi connectivity index (χ1) is 16.1. The molecule has 34 heavy (non-hydrogen) atoms. The monoisotopic (exact) mass is 472 g/mol. The fourth-order valence-electron chi connectivity index (χ4n) is 8.58. The summed E-state index contributed by atoms with van der Waals surface area (Å²) in [6.45, 7) is 8.24. The number of ether oxygens (including phenoxy) is 1. The van der Waals surface area contributed by atoms with Crippen LogP contribution in [-0.4, -0.2) is 28.4 Å². The van der Waals surface area contributed by atoms with Gasteiger partial charge in [-0.15, -0.1) is 0 Å². The summed E-state index contributed by atoms with van der Waals surface area (Å²) in [4.78, 5) is 37.9. The van der Waals surface area contributed by atoms with Crippen LogP contribution in [0, 0.1) is 34.5 Å². The summed E-state index contributed by atoms with van der Waals surface area (Å²) in [7, 11) is 0. The van der Waals surface area contributed by atoms with Crippen LogP contribution in [0.2, 0.25) is 0 Å². The quantitative estimate of drug-likeness (QED) is 0.269. The van der Waals surface area contributed by atoms with Crippen LogP contribution in [0.15, 0.2) is 11.6 Å². The Morgan fingerprint density at radius 2 is 1.79 bits per heavy atom. The molecule has 0 heterocycles. The van der Waals surface area contributed by atoms with Crippen molar-refractivity contribution in [2.45, 2.75) is 117 Å². The minimum absolute atomic E-state index is 0.0162. The maximum absolute atomic E-state index is 12.8. The number of carbonyl (C=O) groups excluding carboxylic acids is 3. The van der Waals surface area contributed by atoms with Crippen LogP contribution in [0.1, 0.15) is 111 Å². The van der Waals surface area contributed by atoms with Crippen LogP contribution in [0.3, 0.4) is 0 Å². The number of carbonyl (C=O) groups is 3. The summed E-state index contributed by atoms with van der Waals surface area (Å²) in [5, 5.41) is 11.9. The van der Waals surface area contributed by atoms with E-state index < -0.39 is 17.2 Å². The lowest BCUT2D eigenvalue weighted by Crippen LogP contribution is -2.62. The third kappa shape index (κ3) is 4.10. The van der Waals surface area contributed by atoms with Gasteiger partial charge in [-0.2, -0.15) is 0 Å². The first kappa shape index (κ1) is 25.6. The van der Waals surface area contributed by atoms with Gasteiger partial charge in [-0.1, -0.05) is 45.1 Å². The topological polar surface area (TPSA) is 80.7 Å². The van der Waals surface area contributed by atoms with Gasteiger partial charge in [0.05, 0.1) is 11.8 Å². The number of ketones is 2. The molecule has 3 saturated carbocycles. The Kier molecular flexibility index (Phi) is 7.17.